The van der Waals surface area contributed by atoms with Gasteiger partial charge >= 0.3 is 0 Å². The van der Waals surface area contributed by atoms with Gasteiger partial charge in [-0.2, -0.15) is 0 Å². The zero-order valence-electron chi connectivity index (χ0n) is 9.63. The molecule has 0 saturated carbocycles. The second-order valence-electron chi connectivity index (χ2n) is 3.96. The van der Waals surface area contributed by atoms with E-state index in [1.54, 1.807) is 0 Å². The molecule has 1 rings (SSSR count). The number of halogens is 1. The lowest BCUT2D eigenvalue weighted by atomic mass is 9.97. The van der Waals surface area contributed by atoms with E-state index in [1.807, 2.05) is 25.4 Å². The first-order chi connectivity index (χ1) is 7.19. The summed E-state index contributed by atoms with van der Waals surface area (Å²) >= 11 is 3.55. The molecule has 0 fully saturated rings. The van der Waals surface area contributed by atoms with Crippen LogP contribution in [0.1, 0.15) is 38.4 Å². The molecule has 2 atom stereocenters. The molecular formula is C12H19BrN2. The van der Waals surface area contributed by atoms with Crippen LogP contribution in [0.3, 0.4) is 0 Å². The van der Waals surface area contributed by atoms with Crippen LogP contribution in [0.15, 0.2) is 22.8 Å². The van der Waals surface area contributed by atoms with Crippen molar-refractivity contribution in [1.29, 1.82) is 0 Å². The Balaban J connectivity index is 2.78. The van der Waals surface area contributed by atoms with E-state index in [0.717, 1.165) is 22.5 Å². The third-order valence-corrected chi connectivity index (χ3v) is 3.47. The first-order valence-electron chi connectivity index (χ1n) is 5.46. The van der Waals surface area contributed by atoms with Crippen molar-refractivity contribution in [3.63, 3.8) is 0 Å². The summed E-state index contributed by atoms with van der Waals surface area (Å²) in [6.45, 7) is 4.51. The third-order valence-electron chi connectivity index (χ3n) is 2.80. The fraction of sp³-hybridized carbons (Fsp3) is 0.583. The van der Waals surface area contributed by atoms with Crippen LogP contribution in [0.25, 0.3) is 0 Å². The maximum absolute atomic E-state index is 4.43. The molecule has 1 aromatic rings. The molecule has 0 bridgehead atoms. The lowest BCUT2D eigenvalue weighted by Crippen LogP contribution is -2.20. The highest BCUT2D eigenvalue weighted by Gasteiger charge is 2.15. The van der Waals surface area contributed by atoms with Gasteiger partial charge in [0.2, 0.25) is 0 Å². The summed E-state index contributed by atoms with van der Waals surface area (Å²) in [4.78, 5) is 4.43. The highest BCUT2D eigenvalue weighted by molar-refractivity contribution is 9.10. The summed E-state index contributed by atoms with van der Waals surface area (Å²) in [5, 5.41) is 3.33. The van der Waals surface area contributed by atoms with Gasteiger partial charge in [-0.1, -0.05) is 20.3 Å². The van der Waals surface area contributed by atoms with Crippen molar-refractivity contribution in [1.82, 2.24) is 10.3 Å². The Kier molecular flexibility index (Phi) is 5.26. The molecule has 0 aromatic carbocycles. The average Bonchev–Trinajstić information content (AvgIpc) is 2.26. The van der Waals surface area contributed by atoms with Crippen LogP contribution in [0.2, 0.25) is 0 Å². The number of nitrogens with one attached hydrogen (secondary N) is 1. The van der Waals surface area contributed by atoms with Crippen LogP contribution in [0.5, 0.6) is 0 Å². The second-order valence-corrected chi connectivity index (χ2v) is 4.82. The molecule has 0 amide bonds. The van der Waals surface area contributed by atoms with Gasteiger partial charge in [-0.3, -0.25) is 4.98 Å². The molecule has 0 aliphatic carbocycles. The van der Waals surface area contributed by atoms with Crippen LogP contribution in [-0.4, -0.2) is 12.0 Å². The predicted molar refractivity (Wildman–Crippen MR) is 67.8 cm³/mol. The summed E-state index contributed by atoms with van der Waals surface area (Å²) in [7, 11) is 1.99. The van der Waals surface area contributed by atoms with E-state index in [-0.39, 0.29) is 0 Å². The Labute approximate surface area is 101 Å². The van der Waals surface area contributed by atoms with E-state index >= 15 is 0 Å². The number of hydrogen-bond donors (Lipinski definition) is 1. The van der Waals surface area contributed by atoms with Crippen molar-refractivity contribution in [2.24, 2.45) is 5.92 Å². The maximum Gasteiger partial charge on any atom is 0.0714 e. The summed E-state index contributed by atoms with van der Waals surface area (Å²) < 4.78 is 1.09. The number of rotatable bonds is 5. The first-order valence-corrected chi connectivity index (χ1v) is 6.26. The van der Waals surface area contributed by atoms with Crippen molar-refractivity contribution in [2.75, 3.05) is 7.05 Å². The molecule has 0 spiro atoms. The molecule has 1 N–H and O–H groups in total. The first kappa shape index (κ1) is 12.7. The smallest absolute Gasteiger partial charge is 0.0714 e. The lowest BCUT2D eigenvalue weighted by Gasteiger charge is -2.20. The van der Waals surface area contributed by atoms with Crippen molar-refractivity contribution in [3.8, 4) is 0 Å². The molecule has 15 heavy (non-hydrogen) atoms. The van der Waals surface area contributed by atoms with E-state index < -0.39 is 0 Å². The predicted octanol–water partition coefficient (Wildman–Crippen LogP) is 3.54. The Hall–Kier alpha value is -0.410. The molecule has 0 aliphatic rings. The van der Waals surface area contributed by atoms with E-state index in [0.29, 0.717) is 6.04 Å². The van der Waals surface area contributed by atoms with Crippen LogP contribution in [0.4, 0.5) is 0 Å². The zero-order valence-corrected chi connectivity index (χ0v) is 11.2. The zero-order chi connectivity index (χ0) is 11.3. The molecule has 1 aromatic heterocycles. The Bertz CT molecular complexity index is 301. The molecule has 84 valence electrons. The number of aromatic nitrogens is 1. The Morgan fingerprint density at radius 2 is 2.27 bits per heavy atom. The van der Waals surface area contributed by atoms with Gasteiger partial charge in [-0.15, -0.1) is 0 Å². The molecule has 2 unspecified atom stereocenters. The van der Waals surface area contributed by atoms with E-state index in [1.165, 1.54) is 6.42 Å². The van der Waals surface area contributed by atoms with Crippen molar-refractivity contribution >= 4 is 15.9 Å². The van der Waals surface area contributed by atoms with E-state index in [4.69, 9.17) is 0 Å². The molecule has 0 radical (unpaired) electrons. The van der Waals surface area contributed by atoms with E-state index in [2.05, 4.69) is 40.1 Å². The minimum atomic E-state index is 0.343. The van der Waals surface area contributed by atoms with Gasteiger partial charge in [-0.25, -0.2) is 0 Å². The largest absolute Gasteiger partial charge is 0.312 e. The number of nitrogens with zero attached hydrogens (tertiary/aromatic N) is 1. The summed E-state index contributed by atoms with van der Waals surface area (Å²) in [6, 6.07) is 4.34. The highest BCUT2D eigenvalue weighted by atomic mass is 79.9. The van der Waals surface area contributed by atoms with E-state index in [9.17, 15) is 0 Å². The van der Waals surface area contributed by atoms with Gasteiger partial charge in [0.05, 0.1) is 11.7 Å². The van der Waals surface area contributed by atoms with Gasteiger partial charge in [0.25, 0.3) is 0 Å². The molecule has 0 saturated heterocycles. The van der Waals surface area contributed by atoms with Gasteiger partial charge in [0.15, 0.2) is 0 Å². The van der Waals surface area contributed by atoms with Gasteiger partial charge in [-0.05, 0) is 47.4 Å². The minimum absolute atomic E-state index is 0.343. The number of pyridine rings is 1. The summed E-state index contributed by atoms with van der Waals surface area (Å²) in [6.07, 6.45) is 4.19. The Morgan fingerprint density at radius 1 is 1.53 bits per heavy atom. The topological polar surface area (TPSA) is 24.9 Å². The van der Waals surface area contributed by atoms with Crippen LogP contribution in [-0.2, 0) is 0 Å². The fourth-order valence-corrected chi connectivity index (χ4v) is 2.12. The monoisotopic (exact) mass is 270 g/mol. The van der Waals surface area contributed by atoms with Gasteiger partial charge in [0.1, 0.15) is 0 Å². The highest BCUT2D eigenvalue weighted by Crippen LogP contribution is 2.26. The molecule has 3 heteroatoms. The van der Waals surface area contributed by atoms with Crippen molar-refractivity contribution < 1.29 is 0 Å². The molecular weight excluding hydrogens is 252 g/mol. The van der Waals surface area contributed by atoms with Crippen LogP contribution >= 0.6 is 15.9 Å². The number of hydrogen-bond acceptors (Lipinski definition) is 2. The fourth-order valence-electron chi connectivity index (χ4n) is 1.59. The summed E-state index contributed by atoms with van der Waals surface area (Å²) in [5.41, 5.74) is 1.11. The van der Waals surface area contributed by atoms with Gasteiger partial charge in [0, 0.05) is 10.7 Å². The van der Waals surface area contributed by atoms with Crippen LogP contribution in [0, 0.1) is 5.92 Å². The van der Waals surface area contributed by atoms with Crippen molar-refractivity contribution in [2.45, 2.75) is 32.7 Å². The summed E-state index contributed by atoms with van der Waals surface area (Å²) in [5.74, 6) is 0.719. The van der Waals surface area contributed by atoms with Crippen molar-refractivity contribution in [3.05, 3.63) is 28.5 Å². The quantitative estimate of drug-likeness (QED) is 0.886. The maximum atomic E-state index is 4.43. The molecule has 1 heterocycles. The third kappa shape index (κ3) is 3.58. The SMILES string of the molecule is CCC(C)CC(NC)c1ncccc1Br. The van der Waals surface area contributed by atoms with Gasteiger partial charge < -0.3 is 5.32 Å². The van der Waals surface area contributed by atoms with Crippen LogP contribution < -0.4 is 5.32 Å². The molecule has 2 nitrogen and oxygen atoms in total. The average molecular weight is 271 g/mol. The standard InChI is InChI=1S/C12H19BrN2/c1-4-9(2)8-11(14-3)12-10(13)6-5-7-15-12/h5-7,9,11,14H,4,8H2,1-3H3. The normalized spacial score (nSPS) is 14.9. The minimum Gasteiger partial charge on any atom is -0.312 e. The molecule has 0 aliphatic heterocycles. The second kappa shape index (κ2) is 6.23. The Morgan fingerprint density at radius 3 is 2.80 bits per heavy atom. The lowest BCUT2D eigenvalue weighted by molar-refractivity contribution is 0.415.